The number of sulfonamides is 1. The molecule has 0 saturated carbocycles. The van der Waals surface area contributed by atoms with Gasteiger partial charge in [0.2, 0.25) is 10.0 Å². The van der Waals surface area contributed by atoms with Crippen molar-refractivity contribution in [3.05, 3.63) is 22.7 Å². The predicted molar refractivity (Wildman–Crippen MR) is 80.5 cm³/mol. The molecule has 110 valence electrons. The number of halogens is 1. The topological polar surface area (TPSA) is 79.8 Å². The van der Waals surface area contributed by atoms with Gasteiger partial charge in [-0.1, -0.05) is 11.6 Å². The Morgan fingerprint density at radius 2 is 2.25 bits per heavy atom. The Balaban J connectivity index is 2.20. The third-order valence-corrected chi connectivity index (χ3v) is 3.64. The van der Waals surface area contributed by atoms with Crippen LogP contribution in [0.4, 0.5) is 5.69 Å². The highest BCUT2D eigenvalue weighted by atomic mass is 35.5. The Bertz CT molecular complexity index is 644. The normalized spacial score (nSPS) is 14.7. The van der Waals surface area contributed by atoms with Crippen molar-refractivity contribution in [3.63, 3.8) is 0 Å². The zero-order valence-corrected chi connectivity index (χ0v) is 12.8. The first-order valence-electron chi connectivity index (χ1n) is 6.04. The summed E-state index contributed by atoms with van der Waals surface area (Å²) in [6, 6.07) is 3.21. The van der Waals surface area contributed by atoms with Crippen LogP contribution in [0.15, 0.2) is 17.1 Å². The number of ether oxygens (including phenoxy) is 1. The number of amidine groups is 1. The van der Waals surface area contributed by atoms with Crippen molar-refractivity contribution in [2.45, 2.75) is 6.92 Å². The maximum Gasteiger partial charge on any atom is 0.229 e. The average molecular weight is 318 g/mol. The molecule has 8 heteroatoms. The highest BCUT2D eigenvalue weighted by Gasteiger charge is 2.14. The number of benzene rings is 1. The molecule has 0 aliphatic carbocycles. The number of nitrogens with zero attached hydrogens (tertiary/aromatic N) is 1. The Labute approximate surface area is 123 Å². The number of hydrogen-bond acceptors (Lipinski definition) is 5. The lowest BCUT2D eigenvalue weighted by Crippen LogP contribution is -2.25. The quantitative estimate of drug-likeness (QED) is 0.860. The second-order valence-electron chi connectivity index (χ2n) is 4.47. The van der Waals surface area contributed by atoms with Crippen LogP contribution in [0, 0.1) is 6.92 Å². The first kappa shape index (κ1) is 14.9. The number of rotatable bonds is 5. The van der Waals surface area contributed by atoms with E-state index in [-0.39, 0.29) is 6.61 Å². The van der Waals surface area contributed by atoms with Gasteiger partial charge in [0.05, 0.1) is 23.5 Å². The third-order valence-electron chi connectivity index (χ3n) is 2.75. The fraction of sp³-hybridized carbons (Fsp3) is 0.417. The molecule has 0 unspecified atom stereocenters. The van der Waals surface area contributed by atoms with Gasteiger partial charge in [-0.15, -0.1) is 0 Å². The SMILES string of the molecule is Cc1c(NS(C)(=O)=O)ccc(Cl)c1OCC1=NCCN1. The standard InChI is InChI=1S/C12H16ClN3O3S/c1-8-10(16-20(2,17)18)4-3-9(13)12(8)19-7-11-14-5-6-15-11/h3-4,16H,5-7H2,1-2H3,(H,14,15). The van der Waals surface area contributed by atoms with E-state index in [4.69, 9.17) is 16.3 Å². The van der Waals surface area contributed by atoms with Gasteiger partial charge in [-0.2, -0.15) is 0 Å². The Morgan fingerprint density at radius 3 is 2.85 bits per heavy atom. The van der Waals surface area contributed by atoms with Crippen LogP contribution in [0.1, 0.15) is 5.56 Å². The summed E-state index contributed by atoms with van der Waals surface area (Å²) in [6.07, 6.45) is 1.10. The van der Waals surface area contributed by atoms with Crippen molar-refractivity contribution in [1.82, 2.24) is 5.32 Å². The Hall–Kier alpha value is -1.47. The molecule has 1 aliphatic heterocycles. The number of anilines is 1. The lowest BCUT2D eigenvalue weighted by atomic mass is 10.2. The van der Waals surface area contributed by atoms with Crippen molar-refractivity contribution < 1.29 is 13.2 Å². The summed E-state index contributed by atoms with van der Waals surface area (Å²) < 4.78 is 30.7. The molecule has 0 radical (unpaired) electrons. The average Bonchev–Trinajstić information content (AvgIpc) is 2.84. The van der Waals surface area contributed by atoms with Gasteiger partial charge in [-0.3, -0.25) is 9.71 Å². The molecule has 20 heavy (non-hydrogen) atoms. The Morgan fingerprint density at radius 1 is 1.50 bits per heavy atom. The van der Waals surface area contributed by atoms with E-state index in [0.29, 0.717) is 22.0 Å². The summed E-state index contributed by atoms with van der Waals surface area (Å²) in [6.45, 7) is 3.57. The molecular weight excluding hydrogens is 302 g/mol. The molecule has 0 bridgehead atoms. The first-order chi connectivity index (χ1) is 9.37. The van der Waals surface area contributed by atoms with Crippen LogP contribution in [0.3, 0.4) is 0 Å². The van der Waals surface area contributed by atoms with Crippen molar-refractivity contribution in [2.75, 3.05) is 30.7 Å². The van der Waals surface area contributed by atoms with Crippen LogP contribution in [0.2, 0.25) is 5.02 Å². The predicted octanol–water partition coefficient (Wildman–Crippen LogP) is 1.40. The van der Waals surface area contributed by atoms with Crippen LogP contribution in [-0.4, -0.2) is 40.2 Å². The van der Waals surface area contributed by atoms with E-state index in [1.807, 2.05) is 0 Å². The van der Waals surface area contributed by atoms with Gasteiger partial charge in [0.25, 0.3) is 0 Å². The summed E-state index contributed by atoms with van der Waals surface area (Å²) in [7, 11) is -3.34. The van der Waals surface area contributed by atoms with Gasteiger partial charge in [0.1, 0.15) is 18.2 Å². The van der Waals surface area contributed by atoms with E-state index in [2.05, 4.69) is 15.0 Å². The molecule has 1 aliphatic rings. The largest absolute Gasteiger partial charge is 0.484 e. The van der Waals surface area contributed by atoms with Crippen molar-refractivity contribution in [1.29, 1.82) is 0 Å². The molecule has 2 N–H and O–H groups in total. The fourth-order valence-corrected chi connectivity index (χ4v) is 2.71. The molecule has 0 aromatic heterocycles. The van der Waals surface area contributed by atoms with Gasteiger partial charge >= 0.3 is 0 Å². The molecule has 6 nitrogen and oxygen atoms in total. The Kier molecular flexibility index (Phi) is 4.39. The van der Waals surface area contributed by atoms with Gasteiger partial charge in [0.15, 0.2) is 0 Å². The number of aliphatic imine (C=N–C) groups is 1. The molecule has 0 spiro atoms. The smallest absolute Gasteiger partial charge is 0.229 e. The van der Waals surface area contributed by atoms with Gasteiger partial charge in [-0.25, -0.2) is 8.42 Å². The first-order valence-corrected chi connectivity index (χ1v) is 8.30. The van der Waals surface area contributed by atoms with E-state index in [1.54, 1.807) is 19.1 Å². The minimum Gasteiger partial charge on any atom is -0.484 e. The number of hydrogen-bond donors (Lipinski definition) is 2. The summed E-state index contributed by atoms with van der Waals surface area (Å²) >= 11 is 6.10. The van der Waals surface area contributed by atoms with Crippen LogP contribution in [0.5, 0.6) is 5.75 Å². The third kappa shape index (κ3) is 3.77. The van der Waals surface area contributed by atoms with Crippen LogP contribution < -0.4 is 14.8 Å². The van der Waals surface area contributed by atoms with Crippen LogP contribution in [0.25, 0.3) is 0 Å². The second kappa shape index (κ2) is 5.88. The van der Waals surface area contributed by atoms with Gasteiger partial charge in [-0.05, 0) is 19.1 Å². The van der Waals surface area contributed by atoms with E-state index >= 15 is 0 Å². The molecule has 0 fully saturated rings. The zero-order chi connectivity index (χ0) is 14.8. The molecule has 2 rings (SSSR count). The molecule has 1 aromatic rings. The lowest BCUT2D eigenvalue weighted by Gasteiger charge is -2.15. The van der Waals surface area contributed by atoms with Crippen molar-refractivity contribution in [2.24, 2.45) is 4.99 Å². The molecule has 1 aromatic carbocycles. The minimum atomic E-state index is -3.34. The molecule has 1 heterocycles. The molecular formula is C12H16ClN3O3S. The lowest BCUT2D eigenvalue weighted by molar-refractivity contribution is 0.371. The van der Waals surface area contributed by atoms with Crippen LogP contribution >= 0.6 is 11.6 Å². The highest BCUT2D eigenvalue weighted by Crippen LogP contribution is 2.33. The highest BCUT2D eigenvalue weighted by molar-refractivity contribution is 7.92. The summed E-state index contributed by atoms with van der Waals surface area (Å²) in [5.41, 5.74) is 1.09. The second-order valence-corrected chi connectivity index (χ2v) is 6.62. The monoisotopic (exact) mass is 317 g/mol. The van der Waals surface area contributed by atoms with Gasteiger partial charge in [0, 0.05) is 12.1 Å². The van der Waals surface area contributed by atoms with Crippen molar-refractivity contribution >= 4 is 33.1 Å². The van der Waals surface area contributed by atoms with Crippen molar-refractivity contribution in [3.8, 4) is 5.75 Å². The maximum atomic E-state index is 11.3. The molecule has 0 atom stereocenters. The summed E-state index contributed by atoms with van der Waals surface area (Å²) in [5, 5.41) is 3.52. The van der Waals surface area contributed by atoms with E-state index < -0.39 is 10.0 Å². The van der Waals surface area contributed by atoms with E-state index in [1.165, 1.54) is 0 Å². The summed E-state index contributed by atoms with van der Waals surface area (Å²) in [5.74, 6) is 1.22. The minimum absolute atomic E-state index is 0.281. The van der Waals surface area contributed by atoms with Gasteiger partial charge < -0.3 is 10.1 Å². The summed E-state index contributed by atoms with van der Waals surface area (Å²) in [4.78, 5) is 4.22. The van der Waals surface area contributed by atoms with Crippen LogP contribution in [-0.2, 0) is 10.0 Å². The van der Waals surface area contributed by atoms with E-state index in [9.17, 15) is 8.42 Å². The fourth-order valence-electron chi connectivity index (χ4n) is 1.83. The molecule has 0 saturated heterocycles. The van der Waals surface area contributed by atoms with E-state index in [0.717, 1.165) is 25.2 Å². The maximum absolute atomic E-state index is 11.3. The molecule has 0 amide bonds. The number of nitrogens with one attached hydrogen (secondary N) is 2. The zero-order valence-electron chi connectivity index (χ0n) is 11.2.